The summed E-state index contributed by atoms with van der Waals surface area (Å²) in [5, 5.41) is 21.1. The largest absolute Gasteiger partial charge is 0.493 e. The molecule has 0 radical (unpaired) electrons. The van der Waals surface area contributed by atoms with Gasteiger partial charge in [0.05, 0.1) is 18.0 Å². The number of carbonyl (C=O) groups excluding carboxylic acids is 2. The average molecular weight is 665 g/mol. The second-order valence-corrected chi connectivity index (χ2v) is 14.6. The minimum Gasteiger partial charge on any atom is -0.493 e. The van der Waals surface area contributed by atoms with Crippen molar-refractivity contribution in [3.8, 4) is 5.75 Å². The fourth-order valence-corrected chi connectivity index (χ4v) is 7.51. The summed E-state index contributed by atoms with van der Waals surface area (Å²) in [4.78, 5) is 25.3. The van der Waals surface area contributed by atoms with Gasteiger partial charge in [0, 0.05) is 51.9 Å². The molecule has 1 aliphatic rings. The topological polar surface area (TPSA) is 137 Å². The monoisotopic (exact) mass is 664 g/mol. The second kappa shape index (κ2) is 16.9. The summed E-state index contributed by atoms with van der Waals surface area (Å²) in [6.07, 6.45) is 0.812. The summed E-state index contributed by atoms with van der Waals surface area (Å²) in [7, 11) is -4.13. The number of carbonyl (C=O) groups is 2. The molecule has 0 saturated carbocycles. The van der Waals surface area contributed by atoms with Crippen LogP contribution in [0.4, 0.5) is 0 Å². The Bertz CT molecular complexity index is 1570. The first-order chi connectivity index (χ1) is 22.5. The highest BCUT2D eigenvalue weighted by atomic mass is 32.2. The van der Waals surface area contributed by atoms with Crippen LogP contribution in [0.2, 0.25) is 0 Å². The molecule has 0 saturated heterocycles. The molecule has 4 rings (SSSR count). The molecule has 0 spiro atoms. The molecule has 2 atom stereocenters. The van der Waals surface area contributed by atoms with Crippen molar-refractivity contribution in [2.24, 2.45) is 11.8 Å². The molecular formula is C36H48N4O6S. The van der Waals surface area contributed by atoms with E-state index in [1.807, 2.05) is 81.4 Å². The number of nitrogens with one attached hydrogen (secondary N) is 3. The molecular weight excluding hydrogens is 616 g/mol. The van der Waals surface area contributed by atoms with Gasteiger partial charge in [0.15, 0.2) is 0 Å². The van der Waals surface area contributed by atoms with Gasteiger partial charge in [0.25, 0.3) is 0 Å². The van der Waals surface area contributed by atoms with E-state index < -0.39 is 15.7 Å². The Morgan fingerprint density at radius 1 is 0.936 bits per heavy atom. The minimum absolute atomic E-state index is 0.0220. The third-order valence-corrected chi connectivity index (χ3v) is 9.98. The number of rotatable bonds is 18. The molecule has 2 unspecified atom stereocenters. The highest BCUT2D eigenvalue weighted by molar-refractivity contribution is 7.89. The number of nitrogens with zero attached hydrogens (tertiary/aromatic N) is 1. The maximum absolute atomic E-state index is 14.2. The highest BCUT2D eigenvalue weighted by Gasteiger charge is 2.43. The first-order valence-corrected chi connectivity index (χ1v) is 17.7. The zero-order valence-corrected chi connectivity index (χ0v) is 28.4. The third-order valence-electron chi connectivity index (χ3n) is 8.06. The van der Waals surface area contributed by atoms with Crippen molar-refractivity contribution < 1.29 is 27.9 Å². The molecule has 10 nitrogen and oxygen atoms in total. The highest BCUT2D eigenvalue weighted by Crippen LogP contribution is 2.33. The normalized spacial score (nSPS) is 14.7. The smallest absolute Gasteiger partial charge is 0.245 e. The van der Waals surface area contributed by atoms with Crippen molar-refractivity contribution in [2.75, 3.05) is 32.8 Å². The Balaban J connectivity index is 1.37. The summed E-state index contributed by atoms with van der Waals surface area (Å²) < 4.78 is 35.2. The molecule has 1 aliphatic heterocycles. The van der Waals surface area contributed by atoms with E-state index in [9.17, 15) is 23.1 Å². The van der Waals surface area contributed by atoms with Crippen molar-refractivity contribution in [1.29, 1.82) is 0 Å². The lowest BCUT2D eigenvalue weighted by molar-refractivity contribution is -0.124. The minimum atomic E-state index is -4.13. The van der Waals surface area contributed by atoms with Crippen LogP contribution in [-0.2, 0) is 39.0 Å². The summed E-state index contributed by atoms with van der Waals surface area (Å²) in [6.45, 7) is 7.43. The molecule has 254 valence electrons. The van der Waals surface area contributed by atoms with Crippen LogP contribution in [0.3, 0.4) is 0 Å². The van der Waals surface area contributed by atoms with Crippen molar-refractivity contribution >= 4 is 21.8 Å². The van der Waals surface area contributed by atoms with E-state index in [-0.39, 0.29) is 67.4 Å². The fourth-order valence-electron chi connectivity index (χ4n) is 5.63. The van der Waals surface area contributed by atoms with Crippen molar-refractivity contribution in [2.45, 2.75) is 63.6 Å². The number of hydrogen-bond acceptors (Lipinski definition) is 7. The molecule has 3 aromatic rings. The van der Waals surface area contributed by atoms with E-state index in [2.05, 4.69) is 16.0 Å². The fraction of sp³-hybridized carbons (Fsp3) is 0.444. The SMILES string of the molecule is CC(C)CN(C(O)(CCNC(=O)CC(C)CNC(=O)CNCc1ccccc1)Cc1ccccc1)S(=O)(=O)c1ccc2c(c1)CCO2. The lowest BCUT2D eigenvalue weighted by Gasteiger charge is -2.40. The van der Waals surface area contributed by atoms with E-state index in [4.69, 9.17) is 4.74 Å². The third kappa shape index (κ3) is 10.6. The molecule has 0 bridgehead atoms. The Labute approximate surface area is 279 Å². The van der Waals surface area contributed by atoms with E-state index in [1.54, 1.807) is 12.1 Å². The van der Waals surface area contributed by atoms with Crippen LogP contribution >= 0.6 is 0 Å². The molecule has 47 heavy (non-hydrogen) atoms. The Morgan fingerprint density at radius 2 is 1.62 bits per heavy atom. The molecule has 0 aliphatic carbocycles. The van der Waals surface area contributed by atoms with Crippen molar-refractivity contribution in [3.05, 3.63) is 95.6 Å². The van der Waals surface area contributed by atoms with E-state index in [0.29, 0.717) is 31.9 Å². The summed E-state index contributed by atoms with van der Waals surface area (Å²) in [6, 6.07) is 23.9. The van der Waals surface area contributed by atoms with Crippen LogP contribution in [0, 0.1) is 11.8 Å². The maximum atomic E-state index is 14.2. The molecule has 0 fully saturated rings. The van der Waals surface area contributed by atoms with E-state index in [0.717, 1.165) is 16.7 Å². The lowest BCUT2D eigenvalue weighted by atomic mass is 9.98. The van der Waals surface area contributed by atoms with Crippen molar-refractivity contribution in [3.63, 3.8) is 0 Å². The average Bonchev–Trinajstić information content (AvgIpc) is 3.52. The number of hydrogen-bond donors (Lipinski definition) is 4. The number of benzene rings is 3. The van der Waals surface area contributed by atoms with Gasteiger partial charge in [0.2, 0.25) is 21.8 Å². The van der Waals surface area contributed by atoms with Gasteiger partial charge in [-0.05, 0) is 46.7 Å². The van der Waals surface area contributed by atoms with Crippen LogP contribution in [0.5, 0.6) is 5.75 Å². The second-order valence-electron chi connectivity index (χ2n) is 12.7. The van der Waals surface area contributed by atoms with E-state index >= 15 is 0 Å². The van der Waals surface area contributed by atoms with Crippen LogP contribution in [-0.4, -0.2) is 68.2 Å². The zero-order valence-electron chi connectivity index (χ0n) is 27.6. The van der Waals surface area contributed by atoms with Crippen LogP contribution in [0.25, 0.3) is 0 Å². The van der Waals surface area contributed by atoms with Gasteiger partial charge in [-0.3, -0.25) is 9.59 Å². The van der Waals surface area contributed by atoms with Gasteiger partial charge in [-0.1, -0.05) is 81.4 Å². The van der Waals surface area contributed by atoms with Crippen LogP contribution in [0.1, 0.15) is 50.3 Å². The van der Waals surface area contributed by atoms with E-state index in [1.165, 1.54) is 10.4 Å². The van der Waals surface area contributed by atoms with Gasteiger partial charge in [-0.25, -0.2) is 8.42 Å². The van der Waals surface area contributed by atoms with Crippen LogP contribution in [0.15, 0.2) is 83.8 Å². The van der Waals surface area contributed by atoms with Crippen molar-refractivity contribution in [1.82, 2.24) is 20.3 Å². The number of aliphatic hydroxyl groups is 1. The Hall–Kier alpha value is -3.77. The van der Waals surface area contributed by atoms with Gasteiger partial charge in [0.1, 0.15) is 11.5 Å². The first-order valence-electron chi connectivity index (χ1n) is 16.3. The zero-order chi connectivity index (χ0) is 33.9. The molecule has 4 N–H and O–H groups in total. The predicted molar refractivity (Wildman–Crippen MR) is 182 cm³/mol. The van der Waals surface area contributed by atoms with Gasteiger partial charge < -0.3 is 25.8 Å². The number of fused-ring (bicyclic) bond motifs is 1. The molecule has 3 aromatic carbocycles. The molecule has 11 heteroatoms. The summed E-state index contributed by atoms with van der Waals surface area (Å²) in [5.74, 6) is 0.0754. The van der Waals surface area contributed by atoms with Gasteiger partial charge in [-0.2, -0.15) is 4.31 Å². The molecule has 0 aromatic heterocycles. The standard InChI is InChI=1S/C36H48N4O6S/c1-27(2)26-40(47(44,45)32-14-15-33-31(21-32)16-19-46-33)36(43,22-29-10-6-4-7-11-29)17-18-38-34(41)20-28(3)23-39-35(42)25-37-24-30-12-8-5-9-13-30/h4-15,21,27-28,37,43H,16-20,22-26H2,1-3H3,(H,38,41)(H,39,42). The van der Waals surface area contributed by atoms with Crippen LogP contribution < -0.4 is 20.7 Å². The summed E-state index contributed by atoms with van der Waals surface area (Å²) in [5.41, 5.74) is 0.863. The lowest BCUT2D eigenvalue weighted by Crippen LogP contribution is -2.55. The maximum Gasteiger partial charge on any atom is 0.245 e. The Morgan fingerprint density at radius 3 is 2.30 bits per heavy atom. The van der Waals surface area contributed by atoms with Gasteiger partial charge >= 0.3 is 0 Å². The van der Waals surface area contributed by atoms with Gasteiger partial charge in [-0.15, -0.1) is 0 Å². The quantitative estimate of drug-likeness (QED) is 0.153. The molecule has 1 heterocycles. The first kappa shape index (κ1) is 36.1. The number of ether oxygens (including phenoxy) is 1. The number of amides is 2. The summed E-state index contributed by atoms with van der Waals surface area (Å²) >= 11 is 0. The predicted octanol–water partition coefficient (Wildman–Crippen LogP) is 3.64. The molecule has 2 amide bonds. The Kier molecular flexibility index (Phi) is 12.9. The number of sulfonamides is 1.